The first-order valence-electron chi connectivity index (χ1n) is 8.69. The third-order valence-corrected chi connectivity index (χ3v) is 5.15. The lowest BCUT2D eigenvalue weighted by Gasteiger charge is -2.43. The second kappa shape index (κ2) is 6.55. The molecule has 1 amide bonds. The highest BCUT2D eigenvalue weighted by Gasteiger charge is 2.36. The van der Waals surface area contributed by atoms with Gasteiger partial charge in [0.15, 0.2) is 0 Å². The van der Waals surface area contributed by atoms with Crippen LogP contribution >= 0.6 is 0 Å². The van der Waals surface area contributed by atoms with Gasteiger partial charge in [0.2, 0.25) is 5.91 Å². The normalized spacial score (nSPS) is 23.5. The third kappa shape index (κ3) is 3.04. The topological polar surface area (TPSA) is 64.4 Å². The predicted octanol–water partition coefficient (Wildman–Crippen LogP) is 1.71. The van der Waals surface area contributed by atoms with Crippen molar-refractivity contribution in [2.45, 2.75) is 44.4 Å². The lowest BCUT2D eigenvalue weighted by atomic mass is 9.90. The van der Waals surface area contributed by atoms with Crippen LogP contribution in [0.5, 0.6) is 0 Å². The SMILES string of the molecule is O=C(Cn1cnc2cc(F)ccc2c1=O)N1CCOC2CCCCC21. The molecule has 0 radical (unpaired) electrons. The van der Waals surface area contributed by atoms with E-state index >= 15 is 0 Å². The molecule has 7 heteroatoms. The first-order valence-corrected chi connectivity index (χ1v) is 8.69. The van der Waals surface area contributed by atoms with E-state index < -0.39 is 5.82 Å². The second-order valence-corrected chi connectivity index (χ2v) is 6.69. The smallest absolute Gasteiger partial charge is 0.261 e. The van der Waals surface area contributed by atoms with Gasteiger partial charge in [-0.2, -0.15) is 0 Å². The van der Waals surface area contributed by atoms with E-state index in [-0.39, 0.29) is 30.2 Å². The Hall–Kier alpha value is -2.28. The monoisotopic (exact) mass is 345 g/mol. The van der Waals surface area contributed by atoms with Gasteiger partial charge in [-0.15, -0.1) is 0 Å². The summed E-state index contributed by atoms with van der Waals surface area (Å²) in [4.78, 5) is 31.3. The Morgan fingerprint density at radius 2 is 2.16 bits per heavy atom. The van der Waals surface area contributed by atoms with Gasteiger partial charge < -0.3 is 9.64 Å². The fraction of sp³-hybridized carbons (Fsp3) is 0.500. The molecule has 1 saturated heterocycles. The number of ether oxygens (including phenoxy) is 1. The molecule has 4 rings (SSSR count). The number of benzene rings is 1. The van der Waals surface area contributed by atoms with Crippen LogP contribution < -0.4 is 5.56 Å². The number of halogens is 1. The molecule has 2 heterocycles. The van der Waals surface area contributed by atoms with Gasteiger partial charge in [-0.05, 0) is 25.0 Å². The van der Waals surface area contributed by atoms with Crippen LogP contribution in [-0.2, 0) is 16.1 Å². The van der Waals surface area contributed by atoms with Crippen molar-refractivity contribution in [2.75, 3.05) is 13.2 Å². The van der Waals surface area contributed by atoms with E-state index in [1.165, 1.54) is 29.1 Å². The number of aromatic nitrogens is 2. The maximum absolute atomic E-state index is 13.3. The van der Waals surface area contributed by atoms with Crippen molar-refractivity contribution in [1.29, 1.82) is 0 Å². The van der Waals surface area contributed by atoms with Crippen LogP contribution in [0.4, 0.5) is 4.39 Å². The molecule has 1 saturated carbocycles. The fourth-order valence-electron chi connectivity index (χ4n) is 3.89. The molecule has 0 spiro atoms. The van der Waals surface area contributed by atoms with Crippen molar-refractivity contribution in [1.82, 2.24) is 14.5 Å². The molecule has 1 aromatic heterocycles. The first kappa shape index (κ1) is 16.2. The highest BCUT2D eigenvalue weighted by Crippen LogP contribution is 2.28. The first-order chi connectivity index (χ1) is 12.1. The molecule has 2 unspecified atom stereocenters. The van der Waals surface area contributed by atoms with Crippen LogP contribution in [0.15, 0.2) is 29.3 Å². The van der Waals surface area contributed by atoms with Crippen molar-refractivity contribution >= 4 is 16.8 Å². The number of nitrogens with zero attached hydrogens (tertiary/aromatic N) is 3. The standard InChI is InChI=1S/C18H20FN3O3/c19-12-5-6-13-14(9-12)20-11-21(18(13)24)10-17(23)22-7-8-25-16-4-2-1-3-15(16)22/h5-6,9,11,15-16H,1-4,7-8,10H2. The predicted molar refractivity (Wildman–Crippen MR) is 89.7 cm³/mol. The van der Waals surface area contributed by atoms with Crippen molar-refractivity contribution in [3.05, 3.63) is 40.7 Å². The minimum atomic E-state index is -0.440. The van der Waals surface area contributed by atoms with E-state index in [1.807, 2.05) is 4.90 Å². The third-order valence-electron chi connectivity index (χ3n) is 5.15. The minimum Gasteiger partial charge on any atom is -0.374 e. The summed E-state index contributed by atoms with van der Waals surface area (Å²) in [5, 5.41) is 0.314. The Kier molecular flexibility index (Phi) is 4.25. The summed E-state index contributed by atoms with van der Waals surface area (Å²) in [6, 6.07) is 3.96. The van der Waals surface area contributed by atoms with E-state index in [4.69, 9.17) is 4.74 Å². The van der Waals surface area contributed by atoms with Gasteiger partial charge in [-0.25, -0.2) is 9.37 Å². The quantitative estimate of drug-likeness (QED) is 0.831. The van der Waals surface area contributed by atoms with Crippen LogP contribution in [0.25, 0.3) is 10.9 Å². The molecule has 25 heavy (non-hydrogen) atoms. The molecule has 1 aromatic carbocycles. The molecule has 0 N–H and O–H groups in total. The van der Waals surface area contributed by atoms with Crippen LogP contribution in [0.2, 0.25) is 0 Å². The maximum Gasteiger partial charge on any atom is 0.261 e. The van der Waals surface area contributed by atoms with Gasteiger partial charge in [0.1, 0.15) is 12.4 Å². The number of morpholine rings is 1. The van der Waals surface area contributed by atoms with Crippen molar-refractivity contribution in [3.8, 4) is 0 Å². The molecule has 1 aliphatic carbocycles. The lowest BCUT2D eigenvalue weighted by molar-refractivity contribution is -0.150. The van der Waals surface area contributed by atoms with Crippen LogP contribution in [0.3, 0.4) is 0 Å². The van der Waals surface area contributed by atoms with Crippen molar-refractivity contribution in [2.24, 2.45) is 0 Å². The molecule has 132 valence electrons. The Labute approximate surface area is 144 Å². The second-order valence-electron chi connectivity index (χ2n) is 6.69. The maximum atomic E-state index is 13.3. The van der Waals surface area contributed by atoms with Crippen LogP contribution in [0.1, 0.15) is 25.7 Å². The molecule has 2 aliphatic rings. The molecule has 0 bridgehead atoms. The number of carbonyl (C=O) groups excluding carboxylic acids is 1. The van der Waals surface area contributed by atoms with E-state index in [0.29, 0.717) is 24.1 Å². The summed E-state index contributed by atoms with van der Waals surface area (Å²) >= 11 is 0. The van der Waals surface area contributed by atoms with Gasteiger partial charge >= 0.3 is 0 Å². The Bertz CT molecular complexity index is 864. The summed E-state index contributed by atoms with van der Waals surface area (Å²) < 4.78 is 20.4. The average molecular weight is 345 g/mol. The highest BCUT2D eigenvalue weighted by atomic mass is 19.1. The van der Waals surface area contributed by atoms with Gasteiger partial charge in [0.25, 0.3) is 5.56 Å². The van der Waals surface area contributed by atoms with Crippen LogP contribution in [0, 0.1) is 5.82 Å². The average Bonchev–Trinajstić information content (AvgIpc) is 2.63. The molecular weight excluding hydrogens is 325 g/mol. The molecule has 2 atom stereocenters. The molecule has 2 aromatic rings. The van der Waals surface area contributed by atoms with E-state index in [9.17, 15) is 14.0 Å². The molecule has 1 aliphatic heterocycles. The summed E-state index contributed by atoms with van der Waals surface area (Å²) in [6.45, 7) is 1.04. The molecule has 6 nitrogen and oxygen atoms in total. The Morgan fingerprint density at radius 1 is 1.32 bits per heavy atom. The van der Waals surface area contributed by atoms with Gasteiger partial charge in [-0.1, -0.05) is 12.8 Å². The summed E-state index contributed by atoms with van der Waals surface area (Å²) in [5.41, 5.74) is -0.0285. The zero-order chi connectivity index (χ0) is 17.4. The number of rotatable bonds is 2. The Balaban J connectivity index is 1.58. The number of amides is 1. The molecule has 2 fully saturated rings. The summed E-state index contributed by atoms with van der Waals surface area (Å²) in [7, 11) is 0. The highest BCUT2D eigenvalue weighted by molar-refractivity contribution is 5.79. The number of hydrogen-bond acceptors (Lipinski definition) is 4. The summed E-state index contributed by atoms with van der Waals surface area (Å²) in [6.07, 6.45) is 5.59. The van der Waals surface area contributed by atoms with Crippen molar-refractivity contribution in [3.63, 3.8) is 0 Å². The lowest BCUT2D eigenvalue weighted by Crippen LogP contribution is -2.55. The van der Waals surface area contributed by atoms with E-state index in [2.05, 4.69) is 4.98 Å². The zero-order valence-electron chi connectivity index (χ0n) is 13.9. The number of fused-ring (bicyclic) bond motifs is 2. The van der Waals surface area contributed by atoms with Crippen LogP contribution in [-0.4, -0.2) is 45.7 Å². The van der Waals surface area contributed by atoms with Gasteiger partial charge in [-0.3, -0.25) is 14.2 Å². The Morgan fingerprint density at radius 3 is 3.04 bits per heavy atom. The van der Waals surface area contributed by atoms with Gasteiger partial charge in [0.05, 0.1) is 36.0 Å². The summed E-state index contributed by atoms with van der Waals surface area (Å²) in [5.74, 6) is -0.532. The number of carbonyl (C=O) groups is 1. The van der Waals surface area contributed by atoms with Crippen molar-refractivity contribution < 1.29 is 13.9 Å². The minimum absolute atomic E-state index is 0.0532. The van der Waals surface area contributed by atoms with E-state index in [1.54, 1.807) is 0 Å². The molecular formula is C18H20FN3O3. The number of hydrogen-bond donors (Lipinski definition) is 0. The van der Waals surface area contributed by atoms with Gasteiger partial charge in [0, 0.05) is 12.6 Å². The largest absolute Gasteiger partial charge is 0.374 e. The zero-order valence-corrected chi connectivity index (χ0v) is 13.9. The van der Waals surface area contributed by atoms with E-state index in [0.717, 1.165) is 25.7 Å². The fourth-order valence-corrected chi connectivity index (χ4v) is 3.89.